The second-order valence-corrected chi connectivity index (χ2v) is 6.02. The molecule has 3 N–H and O–H groups in total. The zero-order valence-electron chi connectivity index (χ0n) is 10.3. The molecule has 2 atom stereocenters. The van der Waals surface area contributed by atoms with Crippen LogP contribution in [0.25, 0.3) is 0 Å². The van der Waals surface area contributed by atoms with Gasteiger partial charge in [0.15, 0.2) is 0 Å². The van der Waals surface area contributed by atoms with E-state index in [9.17, 15) is 5.11 Å². The summed E-state index contributed by atoms with van der Waals surface area (Å²) in [4.78, 5) is 2.20. The van der Waals surface area contributed by atoms with Gasteiger partial charge in [-0.15, -0.1) is 0 Å². The van der Waals surface area contributed by atoms with Crippen molar-refractivity contribution in [3.63, 3.8) is 0 Å². The fourth-order valence-corrected chi connectivity index (χ4v) is 2.86. The van der Waals surface area contributed by atoms with Crippen LogP contribution in [-0.4, -0.2) is 23.8 Å². The number of nitrogens with zero attached hydrogens (tertiary/aromatic N) is 1. The molecule has 0 bridgehead atoms. The maximum Gasteiger partial charge on any atom is 0.0810 e. The third kappa shape index (κ3) is 2.81. The van der Waals surface area contributed by atoms with Crippen LogP contribution in [0.2, 0.25) is 0 Å². The molecule has 3 nitrogen and oxygen atoms in total. The number of hydrogen-bond donors (Lipinski definition) is 2. The number of β-amino-alcohol motifs (C(OH)–C–C–N with tert-alkyl or cyclic N) is 1. The van der Waals surface area contributed by atoms with Crippen molar-refractivity contribution >= 4 is 21.6 Å². The van der Waals surface area contributed by atoms with E-state index in [0.717, 1.165) is 28.7 Å². The Hall–Kier alpha value is -0.580. The van der Waals surface area contributed by atoms with E-state index in [1.165, 1.54) is 0 Å². The molecule has 4 heteroatoms. The van der Waals surface area contributed by atoms with Crippen LogP contribution < -0.4 is 10.6 Å². The monoisotopic (exact) mass is 298 g/mol. The molecule has 0 saturated carbocycles. The van der Waals surface area contributed by atoms with E-state index in [0.29, 0.717) is 6.54 Å². The second kappa shape index (κ2) is 4.59. The summed E-state index contributed by atoms with van der Waals surface area (Å²) < 4.78 is 1.05. The van der Waals surface area contributed by atoms with E-state index in [1.807, 2.05) is 13.8 Å². The minimum Gasteiger partial charge on any atom is -0.388 e. The van der Waals surface area contributed by atoms with Crippen LogP contribution in [0, 0.1) is 0 Å². The maximum absolute atomic E-state index is 9.98. The van der Waals surface area contributed by atoms with Gasteiger partial charge in [-0.1, -0.05) is 6.07 Å². The molecule has 1 aliphatic heterocycles. The molecule has 2 rings (SSSR count). The Morgan fingerprint density at radius 1 is 1.53 bits per heavy atom. The first-order valence-corrected chi connectivity index (χ1v) is 6.71. The molecule has 1 unspecified atom stereocenters. The maximum atomic E-state index is 9.98. The molecule has 1 aromatic rings. The van der Waals surface area contributed by atoms with E-state index < -0.39 is 5.60 Å². The van der Waals surface area contributed by atoms with Crippen LogP contribution in [0.15, 0.2) is 22.7 Å². The normalized spacial score (nSPS) is 26.3. The van der Waals surface area contributed by atoms with E-state index in [4.69, 9.17) is 5.73 Å². The highest BCUT2D eigenvalue weighted by molar-refractivity contribution is 9.10. The minimum absolute atomic E-state index is 0.0436. The second-order valence-electron chi connectivity index (χ2n) is 5.17. The van der Waals surface area contributed by atoms with E-state index in [2.05, 4.69) is 39.0 Å². The van der Waals surface area contributed by atoms with E-state index in [1.54, 1.807) is 0 Å². The Labute approximate surface area is 111 Å². The predicted octanol–water partition coefficient (Wildman–Crippen LogP) is 2.43. The molecule has 94 valence electrons. The summed E-state index contributed by atoms with van der Waals surface area (Å²) in [5.41, 5.74) is 7.53. The van der Waals surface area contributed by atoms with Crippen LogP contribution >= 0.6 is 15.9 Å². The van der Waals surface area contributed by atoms with E-state index >= 15 is 0 Å². The van der Waals surface area contributed by atoms with Gasteiger partial charge in [0.1, 0.15) is 0 Å². The third-order valence-electron chi connectivity index (χ3n) is 3.29. The highest BCUT2D eigenvalue weighted by Crippen LogP contribution is 2.33. The van der Waals surface area contributed by atoms with Gasteiger partial charge in [0, 0.05) is 23.6 Å². The molecule has 0 aliphatic carbocycles. The summed E-state index contributed by atoms with van der Waals surface area (Å²) in [6.07, 6.45) is 0.814. The van der Waals surface area contributed by atoms with Gasteiger partial charge >= 0.3 is 0 Å². The standard InChI is InChI=1S/C13H19BrN2O/c1-9(15)10-3-4-12(11(14)7-10)16-6-5-13(2,17)8-16/h3-4,7,9,17H,5-6,8,15H2,1-2H3/t9-,13?/m0/s1. The molecular formula is C13H19BrN2O. The van der Waals surface area contributed by atoms with Gasteiger partial charge in [-0.05, 0) is 53.9 Å². The fourth-order valence-electron chi connectivity index (χ4n) is 2.21. The molecule has 1 aliphatic rings. The molecule has 17 heavy (non-hydrogen) atoms. The molecular weight excluding hydrogens is 280 g/mol. The highest BCUT2D eigenvalue weighted by atomic mass is 79.9. The molecule has 1 saturated heterocycles. The van der Waals surface area contributed by atoms with Gasteiger partial charge in [-0.3, -0.25) is 0 Å². The van der Waals surface area contributed by atoms with Crippen LogP contribution in [0.5, 0.6) is 0 Å². The molecule has 0 aromatic heterocycles. The summed E-state index contributed by atoms with van der Waals surface area (Å²) in [5.74, 6) is 0. The van der Waals surface area contributed by atoms with Crippen LogP contribution in [-0.2, 0) is 0 Å². The molecule has 1 heterocycles. The Kier molecular flexibility index (Phi) is 3.48. The van der Waals surface area contributed by atoms with Crippen molar-refractivity contribution in [2.45, 2.75) is 31.9 Å². The Morgan fingerprint density at radius 3 is 2.71 bits per heavy atom. The summed E-state index contributed by atoms with van der Waals surface area (Å²) in [7, 11) is 0. The number of aliphatic hydroxyl groups is 1. The molecule has 1 fully saturated rings. The summed E-state index contributed by atoms with van der Waals surface area (Å²) in [5, 5.41) is 9.98. The van der Waals surface area contributed by atoms with Crippen molar-refractivity contribution in [2.24, 2.45) is 5.73 Å². The van der Waals surface area contributed by atoms with Crippen molar-refractivity contribution < 1.29 is 5.11 Å². The number of benzene rings is 1. The summed E-state index contributed by atoms with van der Waals surface area (Å²) in [6.45, 7) is 5.44. The lowest BCUT2D eigenvalue weighted by Gasteiger charge is -2.22. The van der Waals surface area contributed by atoms with Crippen LogP contribution in [0.3, 0.4) is 0 Å². The number of rotatable bonds is 2. The minimum atomic E-state index is -0.570. The lowest BCUT2D eigenvalue weighted by atomic mass is 10.1. The van der Waals surface area contributed by atoms with Crippen LogP contribution in [0.4, 0.5) is 5.69 Å². The molecule has 0 amide bonds. The number of anilines is 1. The lowest BCUT2D eigenvalue weighted by Crippen LogP contribution is -2.29. The lowest BCUT2D eigenvalue weighted by molar-refractivity contribution is 0.0839. The van der Waals surface area contributed by atoms with Gasteiger partial charge in [0.05, 0.1) is 11.3 Å². The molecule has 0 spiro atoms. The van der Waals surface area contributed by atoms with Gasteiger partial charge in [-0.2, -0.15) is 0 Å². The van der Waals surface area contributed by atoms with Crippen LogP contribution in [0.1, 0.15) is 31.9 Å². The van der Waals surface area contributed by atoms with Gasteiger partial charge in [0.2, 0.25) is 0 Å². The first-order valence-electron chi connectivity index (χ1n) is 5.91. The number of hydrogen-bond acceptors (Lipinski definition) is 3. The molecule has 0 radical (unpaired) electrons. The first kappa shape index (κ1) is 12.9. The van der Waals surface area contributed by atoms with Crippen molar-refractivity contribution in [3.8, 4) is 0 Å². The Morgan fingerprint density at radius 2 is 2.24 bits per heavy atom. The highest BCUT2D eigenvalue weighted by Gasteiger charge is 2.32. The smallest absolute Gasteiger partial charge is 0.0810 e. The predicted molar refractivity (Wildman–Crippen MR) is 74.2 cm³/mol. The van der Waals surface area contributed by atoms with E-state index in [-0.39, 0.29) is 6.04 Å². The third-order valence-corrected chi connectivity index (χ3v) is 3.93. The van der Waals surface area contributed by atoms with Gasteiger partial charge < -0.3 is 15.7 Å². The van der Waals surface area contributed by atoms with Crippen molar-refractivity contribution in [1.29, 1.82) is 0 Å². The van der Waals surface area contributed by atoms with Crippen molar-refractivity contribution in [2.75, 3.05) is 18.0 Å². The topological polar surface area (TPSA) is 49.5 Å². The summed E-state index contributed by atoms with van der Waals surface area (Å²) >= 11 is 3.58. The first-order chi connectivity index (χ1) is 7.89. The fraction of sp³-hybridized carbons (Fsp3) is 0.538. The van der Waals surface area contributed by atoms with Gasteiger partial charge in [0.25, 0.3) is 0 Å². The number of nitrogens with two attached hydrogens (primary N) is 1. The molecule has 1 aromatic carbocycles. The Balaban J connectivity index is 2.23. The average molecular weight is 299 g/mol. The quantitative estimate of drug-likeness (QED) is 0.882. The SMILES string of the molecule is C[C@H](N)c1ccc(N2CCC(C)(O)C2)c(Br)c1. The number of halogens is 1. The average Bonchev–Trinajstić information content (AvgIpc) is 2.58. The zero-order chi connectivity index (χ0) is 12.6. The Bertz CT molecular complexity index is 418. The zero-order valence-corrected chi connectivity index (χ0v) is 11.9. The van der Waals surface area contributed by atoms with Crippen molar-refractivity contribution in [3.05, 3.63) is 28.2 Å². The van der Waals surface area contributed by atoms with Crippen molar-refractivity contribution in [1.82, 2.24) is 0 Å². The largest absolute Gasteiger partial charge is 0.388 e. The summed E-state index contributed by atoms with van der Waals surface area (Å²) in [6, 6.07) is 6.23. The van der Waals surface area contributed by atoms with Gasteiger partial charge in [-0.25, -0.2) is 0 Å².